The minimum Gasteiger partial charge on any atom is -0.483 e. The molecular formula is C19H21N3O2S. The van der Waals surface area contributed by atoms with Gasteiger partial charge in [-0.15, -0.1) is 10.2 Å². The third-order valence-corrected chi connectivity index (χ3v) is 4.71. The summed E-state index contributed by atoms with van der Waals surface area (Å²) in [6.07, 6.45) is 4.37. The zero-order valence-electron chi connectivity index (χ0n) is 14.2. The van der Waals surface area contributed by atoms with E-state index in [2.05, 4.69) is 22.4 Å². The van der Waals surface area contributed by atoms with Gasteiger partial charge in [-0.05, 0) is 17.9 Å². The van der Waals surface area contributed by atoms with Gasteiger partial charge in [0, 0.05) is 11.8 Å². The number of aromatic nitrogens is 2. The quantitative estimate of drug-likeness (QED) is 0.607. The molecule has 0 radical (unpaired) electrons. The van der Waals surface area contributed by atoms with Crippen LogP contribution in [0.3, 0.4) is 0 Å². The topological polar surface area (TPSA) is 64.1 Å². The number of benzene rings is 2. The van der Waals surface area contributed by atoms with Crippen LogP contribution in [0.1, 0.15) is 31.2 Å². The maximum atomic E-state index is 12.1. The van der Waals surface area contributed by atoms with Crippen molar-refractivity contribution in [3.05, 3.63) is 47.5 Å². The summed E-state index contributed by atoms with van der Waals surface area (Å²) in [6.45, 7) is 2.11. The number of anilines is 1. The van der Waals surface area contributed by atoms with Gasteiger partial charge in [-0.1, -0.05) is 67.5 Å². The van der Waals surface area contributed by atoms with Gasteiger partial charge in [-0.25, -0.2) is 0 Å². The molecule has 0 aliphatic heterocycles. The fourth-order valence-corrected chi connectivity index (χ4v) is 3.35. The molecule has 0 atom stereocenters. The lowest BCUT2D eigenvalue weighted by Gasteiger charge is -2.08. The van der Waals surface area contributed by atoms with E-state index in [1.807, 2.05) is 42.5 Å². The number of nitrogens with zero attached hydrogens (tertiary/aromatic N) is 2. The second-order valence-electron chi connectivity index (χ2n) is 5.77. The van der Waals surface area contributed by atoms with Crippen molar-refractivity contribution in [3.8, 4) is 5.75 Å². The maximum absolute atomic E-state index is 12.1. The van der Waals surface area contributed by atoms with Crippen molar-refractivity contribution in [1.29, 1.82) is 0 Å². The number of fused-ring (bicyclic) bond motifs is 1. The zero-order chi connectivity index (χ0) is 17.5. The second-order valence-corrected chi connectivity index (χ2v) is 6.83. The Morgan fingerprint density at radius 2 is 1.96 bits per heavy atom. The van der Waals surface area contributed by atoms with Gasteiger partial charge in [0.25, 0.3) is 5.91 Å². The summed E-state index contributed by atoms with van der Waals surface area (Å²) in [6, 6.07) is 13.7. The summed E-state index contributed by atoms with van der Waals surface area (Å²) < 4.78 is 5.68. The van der Waals surface area contributed by atoms with Crippen molar-refractivity contribution in [3.63, 3.8) is 0 Å². The Morgan fingerprint density at radius 1 is 1.12 bits per heavy atom. The molecule has 1 aromatic heterocycles. The number of hydrogen-bond donors (Lipinski definition) is 1. The molecule has 3 rings (SSSR count). The van der Waals surface area contributed by atoms with Gasteiger partial charge in [-0.3, -0.25) is 10.1 Å². The van der Waals surface area contributed by atoms with Crippen LogP contribution in [-0.4, -0.2) is 22.7 Å². The fourth-order valence-electron chi connectivity index (χ4n) is 2.55. The Labute approximate surface area is 151 Å². The molecule has 1 N–H and O–H groups in total. The molecule has 2 aromatic carbocycles. The average Bonchev–Trinajstić information content (AvgIpc) is 3.07. The van der Waals surface area contributed by atoms with Gasteiger partial charge >= 0.3 is 0 Å². The maximum Gasteiger partial charge on any atom is 0.264 e. The minimum absolute atomic E-state index is 0.0568. The van der Waals surface area contributed by atoms with Crippen molar-refractivity contribution in [2.45, 2.75) is 32.6 Å². The van der Waals surface area contributed by atoms with Crippen LogP contribution in [0.5, 0.6) is 5.75 Å². The molecule has 0 aliphatic rings. The highest BCUT2D eigenvalue weighted by Crippen LogP contribution is 2.25. The number of aryl methyl sites for hydroxylation is 1. The number of ether oxygens (including phenoxy) is 1. The number of carbonyl (C=O) groups is 1. The van der Waals surface area contributed by atoms with Gasteiger partial charge in [0.1, 0.15) is 10.8 Å². The summed E-state index contributed by atoms with van der Waals surface area (Å²) >= 11 is 1.43. The summed E-state index contributed by atoms with van der Waals surface area (Å²) in [5.74, 6) is 0.468. The highest BCUT2D eigenvalue weighted by molar-refractivity contribution is 7.15. The van der Waals surface area contributed by atoms with E-state index in [9.17, 15) is 4.79 Å². The largest absolute Gasteiger partial charge is 0.483 e. The minimum atomic E-state index is -0.232. The van der Waals surface area contributed by atoms with E-state index in [0.29, 0.717) is 10.9 Å². The molecule has 25 heavy (non-hydrogen) atoms. The normalized spacial score (nSPS) is 10.8. The highest BCUT2D eigenvalue weighted by Gasteiger charge is 2.10. The number of hydrogen-bond acceptors (Lipinski definition) is 5. The van der Waals surface area contributed by atoms with Crippen molar-refractivity contribution in [1.82, 2.24) is 10.2 Å². The molecule has 130 valence electrons. The Hall–Kier alpha value is -2.47. The molecule has 0 saturated carbocycles. The molecule has 0 aliphatic carbocycles. The van der Waals surface area contributed by atoms with E-state index in [1.165, 1.54) is 24.2 Å². The van der Waals surface area contributed by atoms with Crippen LogP contribution in [0, 0.1) is 0 Å². The summed E-state index contributed by atoms with van der Waals surface area (Å²) in [7, 11) is 0. The Morgan fingerprint density at radius 3 is 2.84 bits per heavy atom. The lowest BCUT2D eigenvalue weighted by Crippen LogP contribution is -2.20. The van der Waals surface area contributed by atoms with E-state index in [1.54, 1.807) is 0 Å². The lowest BCUT2D eigenvalue weighted by molar-refractivity contribution is -0.118. The Kier molecular flexibility index (Phi) is 5.95. The van der Waals surface area contributed by atoms with Gasteiger partial charge in [0.2, 0.25) is 5.13 Å². The molecule has 0 saturated heterocycles. The molecule has 0 unspecified atom stereocenters. The second kappa shape index (κ2) is 8.58. The molecule has 5 nitrogen and oxygen atoms in total. The predicted molar refractivity (Wildman–Crippen MR) is 101 cm³/mol. The van der Waals surface area contributed by atoms with E-state index in [0.717, 1.165) is 28.6 Å². The van der Waals surface area contributed by atoms with E-state index >= 15 is 0 Å². The molecule has 3 aromatic rings. The first-order chi connectivity index (χ1) is 12.3. The van der Waals surface area contributed by atoms with Crippen molar-refractivity contribution in [2.75, 3.05) is 11.9 Å². The van der Waals surface area contributed by atoms with Gasteiger partial charge in [0.15, 0.2) is 6.61 Å². The summed E-state index contributed by atoms with van der Waals surface area (Å²) in [4.78, 5) is 12.1. The van der Waals surface area contributed by atoms with Crippen LogP contribution >= 0.6 is 11.3 Å². The van der Waals surface area contributed by atoms with Crippen LogP contribution in [0.2, 0.25) is 0 Å². The first-order valence-electron chi connectivity index (χ1n) is 8.49. The zero-order valence-corrected chi connectivity index (χ0v) is 15.0. The number of rotatable bonds is 8. The monoisotopic (exact) mass is 355 g/mol. The molecule has 6 heteroatoms. The number of carbonyl (C=O) groups excluding carboxylic acids is 1. The third kappa shape index (κ3) is 4.76. The van der Waals surface area contributed by atoms with Gasteiger partial charge < -0.3 is 4.74 Å². The molecule has 1 amide bonds. The Balaban J connectivity index is 1.54. The van der Waals surface area contributed by atoms with Crippen LogP contribution in [0.4, 0.5) is 5.13 Å². The highest BCUT2D eigenvalue weighted by atomic mass is 32.1. The van der Waals surface area contributed by atoms with Crippen molar-refractivity contribution >= 4 is 33.1 Å². The Bertz CT molecular complexity index is 842. The smallest absolute Gasteiger partial charge is 0.264 e. The van der Waals surface area contributed by atoms with E-state index in [4.69, 9.17) is 4.74 Å². The van der Waals surface area contributed by atoms with Gasteiger partial charge in [0.05, 0.1) is 0 Å². The summed E-state index contributed by atoms with van der Waals surface area (Å²) in [5, 5.41) is 14.4. The molecule has 0 spiro atoms. The third-order valence-electron chi connectivity index (χ3n) is 3.82. The molecule has 0 bridgehead atoms. The van der Waals surface area contributed by atoms with Crippen molar-refractivity contribution in [2.24, 2.45) is 0 Å². The predicted octanol–water partition coefficient (Wildman–Crippen LogP) is 4.44. The first kappa shape index (κ1) is 17.4. The molecule has 1 heterocycles. The van der Waals surface area contributed by atoms with Crippen LogP contribution in [0.15, 0.2) is 42.5 Å². The molecular weight excluding hydrogens is 334 g/mol. The van der Waals surface area contributed by atoms with Crippen LogP contribution in [-0.2, 0) is 11.2 Å². The molecule has 0 fully saturated rings. The van der Waals surface area contributed by atoms with E-state index < -0.39 is 0 Å². The van der Waals surface area contributed by atoms with Gasteiger partial charge in [-0.2, -0.15) is 0 Å². The number of unbranched alkanes of at least 4 members (excludes halogenated alkanes) is 2. The number of amides is 1. The van der Waals surface area contributed by atoms with Crippen molar-refractivity contribution < 1.29 is 9.53 Å². The van der Waals surface area contributed by atoms with Crippen LogP contribution in [0.25, 0.3) is 10.8 Å². The SMILES string of the molecule is CCCCCc1nnc(NC(=O)COc2cccc3ccccc23)s1. The average molecular weight is 355 g/mol. The number of nitrogens with one attached hydrogen (secondary N) is 1. The fraction of sp³-hybridized carbons (Fsp3) is 0.316. The lowest BCUT2D eigenvalue weighted by atomic mass is 10.1. The van der Waals surface area contributed by atoms with E-state index in [-0.39, 0.29) is 12.5 Å². The summed E-state index contributed by atoms with van der Waals surface area (Å²) in [5.41, 5.74) is 0. The van der Waals surface area contributed by atoms with Crippen LogP contribution < -0.4 is 10.1 Å². The first-order valence-corrected chi connectivity index (χ1v) is 9.30. The standard InChI is InChI=1S/C19H21N3O2S/c1-2-3-4-12-18-21-22-19(25-18)20-17(23)13-24-16-11-7-9-14-8-5-6-10-15(14)16/h5-11H,2-4,12-13H2,1H3,(H,20,22,23).